The number of methoxy groups -OCH3 is 1. The lowest BCUT2D eigenvalue weighted by atomic mass is 9.93. The summed E-state index contributed by atoms with van der Waals surface area (Å²) in [6.07, 6.45) is 8.34. The van der Waals surface area contributed by atoms with E-state index in [1.165, 1.54) is 0 Å². The molecule has 9 heteroatoms. The fraction of sp³-hybridized carbons (Fsp3) is 0.500. The maximum absolute atomic E-state index is 5.87. The molecule has 4 aromatic heterocycles. The Balaban J connectivity index is 1.30. The van der Waals surface area contributed by atoms with Crippen LogP contribution < -0.4 is 5.32 Å². The van der Waals surface area contributed by atoms with Gasteiger partial charge in [-0.1, -0.05) is 0 Å². The van der Waals surface area contributed by atoms with Crippen LogP contribution in [0.3, 0.4) is 0 Å². The summed E-state index contributed by atoms with van der Waals surface area (Å²) in [7, 11) is 1.70. The first-order valence-electron chi connectivity index (χ1n) is 11.7. The third-order valence-corrected chi connectivity index (χ3v) is 6.44. The summed E-state index contributed by atoms with van der Waals surface area (Å²) >= 11 is 0. The molecule has 0 unspecified atom stereocenters. The van der Waals surface area contributed by atoms with Crippen LogP contribution in [0.15, 0.2) is 30.6 Å². The Bertz CT molecular complexity index is 1240. The molecule has 0 amide bonds. The second-order valence-electron chi connectivity index (χ2n) is 8.57. The number of hydrogen-bond donors (Lipinski definition) is 1. The van der Waals surface area contributed by atoms with Gasteiger partial charge in [0.2, 0.25) is 5.95 Å². The van der Waals surface area contributed by atoms with E-state index < -0.39 is 0 Å². The molecule has 0 aliphatic heterocycles. The molecule has 4 heterocycles. The molecule has 0 aromatic carbocycles. The van der Waals surface area contributed by atoms with Crippen molar-refractivity contribution in [1.29, 1.82) is 0 Å². The summed E-state index contributed by atoms with van der Waals surface area (Å²) in [5.41, 5.74) is 4.67. The molecule has 0 radical (unpaired) electrons. The van der Waals surface area contributed by atoms with Crippen molar-refractivity contribution in [3.05, 3.63) is 36.4 Å². The lowest BCUT2D eigenvalue weighted by Crippen LogP contribution is -2.31. The molecule has 5 rings (SSSR count). The fourth-order valence-corrected chi connectivity index (χ4v) is 4.68. The number of fused-ring (bicyclic) bond motifs is 2. The summed E-state index contributed by atoms with van der Waals surface area (Å²) in [5, 5.41) is 8.20. The third kappa shape index (κ3) is 4.43. The molecule has 4 aromatic rings. The van der Waals surface area contributed by atoms with Gasteiger partial charge in [-0.05, 0) is 57.7 Å². The van der Waals surface area contributed by atoms with Crippen LogP contribution in [0.1, 0.15) is 38.4 Å². The minimum Gasteiger partial charge on any atom is -0.382 e. The number of hydrogen-bond acceptors (Lipinski definition) is 7. The van der Waals surface area contributed by atoms with Gasteiger partial charge >= 0.3 is 0 Å². The summed E-state index contributed by atoms with van der Waals surface area (Å²) in [6, 6.07) is 6.46. The molecule has 0 atom stereocenters. The van der Waals surface area contributed by atoms with Gasteiger partial charge in [0.05, 0.1) is 36.7 Å². The number of aromatic nitrogens is 6. The van der Waals surface area contributed by atoms with E-state index in [1.807, 2.05) is 42.0 Å². The summed E-state index contributed by atoms with van der Waals surface area (Å²) < 4.78 is 14.9. The summed E-state index contributed by atoms with van der Waals surface area (Å²) in [5.74, 6) is 1.63. The van der Waals surface area contributed by atoms with Crippen LogP contribution in [0, 0.1) is 6.92 Å². The Morgan fingerprint density at radius 3 is 2.73 bits per heavy atom. The second-order valence-corrected chi connectivity index (χ2v) is 8.57. The highest BCUT2D eigenvalue weighted by Crippen LogP contribution is 2.27. The van der Waals surface area contributed by atoms with Gasteiger partial charge in [0, 0.05) is 31.5 Å². The molecule has 1 N–H and O–H groups in total. The van der Waals surface area contributed by atoms with Crippen LogP contribution in [0.5, 0.6) is 0 Å². The molecule has 1 fully saturated rings. The minimum absolute atomic E-state index is 0.325. The minimum atomic E-state index is 0.325. The van der Waals surface area contributed by atoms with Crippen LogP contribution in [-0.2, 0) is 16.0 Å². The summed E-state index contributed by atoms with van der Waals surface area (Å²) in [6.45, 7) is 6.28. The van der Waals surface area contributed by atoms with Crippen molar-refractivity contribution >= 4 is 22.6 Å². The van der Waals surface area contributed by atoms with E-state index in [2.05, 4.69) is 26.8 Å². The van der Waals surface area contributed by atoms with Gasteiger partial charge in [-0.15, -0.1) is 5.10 Å². The van der Waals surface area contributed by atoms with Gasteiger partial charge in [-0.3, -0.25) is 0 Å². The number of ether oxygens (including phenoxy) is 2. The van der Waals surface area contributed by atoms with Crippen molar-refractivity contribution in [3.8, 4) is 11.3 Å². The SMILES string of the molecule is CCn1c(C)nc2ccc(-c3ccn4nc(N[C@H]5CC[C@@H](OCCOC)CC5)ncc34)nc21. The maximum Gasteiger partial charge on any atom is 0.241 e. The largest absolute Gasteiger partial charge is 0.382 e. The molecule has 0 spiro atoms. The van der Waals surface area contributed by atoms with Crippen molar-refractivity contribution in [2.24, 2.45) is 0 Å². The first kappa shape index (κ1) is 21.8. The van der Waals surface area contributed by atoms with Gasteiger partial charge < -0.3 is 19.4 Å². The number of aryl methyl sites for hydroxylation is 2. The number of rotatable bonds is 8. The van der Waals surface area contributed by atoms with Gasteiger partial charge in [-0.25, -0.2) is 19.5 Å². The molecule has 1 aliphatic rings. The zero-order chi connectivity index (χ0) is 22.8. The van der Waals surface area contributed by atoms with Crippen LogP contribution in [0.25, 0.3) is 27.9 Å². The van der Waals surface area contributed by atoms with E-state index in [-0.39, 0.29) is 0 Å². The quantitative estimate of drug-likeness (QED) is 0.409. The molecule has 33 heavy (non-hydrogen) atoms. The van der Waals surface area contributed by atoms with Gasteiger partial charge in [-0.2, -0.15) is 0 Å². The zero-order valence-corrected chi connectivity index (χ0v) is 19.5. The van der Waals surface area contributed by atoms with E-state index in [9.17, 15) is 0 Å². The molecule has 0 bridgehead atoms. The predicted octanol–water partition coefficient (Wildman–Crippen LogP) is 3.86. The Hall–Kier alpha value is -3.04. The summed E-state index contributed by atoms with van der Waals surface area (Å²) in [4.78, 5) is 14.1. The number of anilines is 1. The first-order chi connectivity index (χ1) is 16.2. The molecule has 174 valence electrons. The molecule has 1 saturated carbocycles. The highest BCUT2D eigenvalue weighted by atomic mass is 16.5. The first-order valence-corrected chi connectivity index (χ1v) is 11.7. The lowest BCUT2D eigenvalue weighted by molar-refractivity contribution is -0.00158. The highest BCUT2D eigenvalue weighted by molar-refractivity contribution is 5.82. The normalized spacial score (nSPS) is 18.9. The number of imidazole rings is 1. The number of nitrogens with one attached hydrogen (secondary N) is 1. The Morgan fingerprint density at radius 2 is 1.94 bits per heavy atom. The number of pyridine rings is 1. The predicted molar refractivity (Wildman–Crippen MR) is 127 cm³/mol. The third-order valence-electron chi connectivity index (χ3n) is 6.44. The Kier molecular flexibility index (Phi) is 6.24. The smallest absolute Gasteiger partial charge is 0.241 e. The molecular formula is C24H31N7O2. The number of nitrogens with zero attached hydrogens (tertiary/aromatic N) is 6. The van der Waals surface area contributed by atoms with Gasteiger partial charge in [0.1, 0.15) is 11.3 Å². The van der Waals surface area contributed by atoms with E-state index in [1.54, 1.807) is 7.11 Å². The van der Waals surface area contributed by atoms with E-state index in [0.29, 0.717) is 31.3 Å². The second kappa shape index (κ2) is 9.44. The Morgan fingerprint density at radius 1 is 1.09 bits per heavy atom. The molecular weight excluding hydrogens is 418 g/mol. The van der Waals surface area contributed by atoms with Crippen LogP contribution >= 0.6 is 0 Å². The van der Waals surface area contributed by atoms with Crippen molar-refractivity contribution in [3.63, 3.8) is 0 Å². The lowest BCUT2D eigenvalue weighted by Gasteiger charge is -2.29. The average Bonchev–Trinajstić information content (AvgIpc) is 3.39. The standard InChI is InChI=1S/C24H31N7O2/c1-4-30-16(2)26-21-10-9-20(28-23(21)30)19-11-12-31-22(19)15-25-24(29-31)27-17-5-7-18(8-6-17)33-14-13-32-3/h9-12,15,17-18H,4-8,13-14H2,1-3H3,(H,27,29)/t17-,18+. The van der Waals surface area contributed by atoms with Crippen LogP contribution in [0.4, 0.5) is 5.95 Å². The van der Waals surface area contributed by atoms with E-state index in [0.717, 1.165) is 66.0 Å². The van der Waals surface area contributed by atoms with Gasteiger partial charge in [0.25, 0.3) is 0 Å². The fourth-order valence-electron chi connectivity index (χ4n) is 4.68. The van der Waals surface area contributed by atoms with E-state index >= 15 is 0 Å². The van der Waals surface area contributed by atoms with Crippen LogP contribution in [-0.4, -0.2) is 61.6 Å². The molecule has 1 aliphatic carbocycles. The van der Waals surface area contributed by atoms with Crippen molar-refractivity contribution in [2.75, 3.05) is 25.6 Å². The van der Waals surface area contributed by atoms with Crippen LogP contribution in [0.2, 0.25) is 0 Å². The monoisotopic (exact) mass is 449 g/mol. The van der Waals surface area contributed by atoms with Crippen molar-refractivity contribution in [1.82, 2.24) is 29.1 Å². The molecule has 0 saturated heterocycles. The zero-order valence-electron chi connectivity index (χ0n) is 19.5. The van der Waals surface area contributed by atoms with Crippen molar-refractivity contribution < 1.29 is 9.47 Å². The van der Waals surface area contributed by atoms with Crippen molar-refractivity contribution in [2.45, 2.75) is 58.2 Å². The molecule has 9 nitrogen and oxygen atoms in total. The van der Waals surface area contributed by atoms with Gasteiger partial charge in [0.15, 0.2) is 5.65 Å². The highest BCUT2D eigenvalue weighted by Gasteiger charge is 2.22. The Labute approximate surface area is 193 Å². The topological polar surface area (TPSA) is 91.4 Å². The maximum atomic E-state index is 5.87. The van der Waals surface area contributed by atoms with E-state index in [4.69, 9.17) is 19.6 Å². The average molecular weight is 450 g/mol.